The molecule has 1 heterocycles. The highest BCUT2D eigenvalue weighted by molar-refractivity contribution is 6.21. The molecule has 0 spiro atoms. The van der Waals surface area contributed by atoms with E-state index >= 15 is 0 Å². The first-order valence-electron chi connectivity index (χ1n) is 13.1. The Balaban J connectivity index is 1.41. The molecule has 0 aromatic heterocycles. The predicted octanol–water partition coefficient (Wildman–Crippen LogP) is 3.94. The molecule has 1 saturated carbocycles. The van der Waals surface area contributed by atoms with E-state index in [9.17, 15) is 19.2 Å². The second-order valence-corrected chi connectivity index (χ2v) is 9.80. The quantitative estimate of drug-likeness (QED) is 0.494. The average molecular weight is 506 g/mol. The number of carbonyl (C=O) groups is 4. The van der Waals surface area contributed by atoms with Gasteiger partial charge in [-0.2, -0.15) is 0 Å². The van der Waals surface area contributed by atoms with Gasteiger partial charge in [-0.15, -0.1) is 0 Å². The van der Waals surface area contributed by atoms with E-state index in [1.54, 1.807) is 43.2 Å². The molecule has 1 aliphatic carbocycles. The van der Waals surface area contributed by atoms with E-state index < -0.39 is 6.04 Å². The lowest BCUT2D eigenvalue weighted by Crippen LogP contribution is -2.50. The number of imide groups is 1. The maximum Gasteiger partial charge on any atom is 0.261 e. The van der Waals surface area contributed by atoms with Crippen LogP contribution in [0.2, 0.25) is 0 Å². The fourth-order valence-corrected chi connectivity index (χ4v) is 5.05. The molecule has 1 fully saturated rings. The van der Waals surface area contributed by atoms with Crippen LogP contribution in [-0.4, -0.2) is 59.2 Å². The zero-order valence-electron chi connectivity index (χ0n) is 21.6. The van der Waals surface area contributed by atoms with Crippen LogP contribution < -0.4 is 10.1 Å². The number of hydrogen-bond donors (Lipinski definition) is 1. The molecule has 2 aromatic rings. The molecule has 0 radical (unpaired) electrons. The van der Waals surface area contributed by atoms with E-state index in [1.807, 2.05) is 24.3 Å². The summed E-state index contributed by atoms with van der Waals surface area (Å²) in [4.78, 5) is 54.6. The van der Waals surface area contributed by atoms with Crippen LogP contribution in [0, 0.1) is 0 Å². The number of fused-ring (bicyclic) bond motifs is 1. The highest BCUT2D eigenvalue weighted by atomic mass is 16.5. The molecule has 196 valence electrons. The molecule has 1 aliphatic heterocycles. The summed E-state index contributed by atoms with van der Waals surface area (Å²) in [5, 5.41) is 3.13. The van der Waals surface area contributed by atoms with Gasteiger partial charge in [0.05, 0.1) is 18.2 Å². The van der Waals surface area contributed by atoms with Gasteiger partial charge in [0.25, 0.3) is 11.8 Å². The number of hydrogen-bond acceptors (Lipinski definition) is 5. The smallest absolute Gasteiger partial charge is 0.261 e. The standard InChI is InChI=1S/C29H35N3O5/c1-20(27(34)30-22-9-4-3-5-10-22)32(19-21-14-16-23(37-2)17-15-21)26(33)13-8-18-31-28(35)24-11-6-7-12-25(24)29(31)36/h6-7,11-12,14-17,20,22H,3-5,8-10,13,18-19H2,1-2H3,(H,30,34). The first kappa shape index (κ1) is 26.4. The van der Waals surface area contributed by atoms with Crippen molar-refractivity contribution in [2.75, 3.05) is 13.7 Å². The van der Waals surface area contributed by atoms with Crippen molar-refractivity contribution in [3.63, 3.8) is 0 Å². The molecule has 8 heteroatoms. The van der Waals surface area contributed by atoms with Gasteiger partial charge in [-0.1, -0.05) is 43.5 Å². The highest BCUT2D eigenvalue weighted by Crippen LogP contribution is 2.23. The summed E-state index contributed by atoms with van der Waals surface area (Å²) in [5.41, 5.74) is 1.67. The predicted molar refractivity (Wildman–Crippen MR) is 139 cm³/mol. The van der Waals surface area contributed by atoms with E-state index in [-0.39, 0.29) is 49.2 Å². The number of ether oxygens (including phenoxy) is 1. The molecule has 4 amide bonds. The Bertz CT molecular complexity index is 1110. The number of methoxy groups -OCH3 is 1. The Hall–Kier alpha value is -3.68. The Morgan fingerprint density at radius 3 is 2.22 bits per heavy atom. The fraction of sp³-hybridized carbons (Fsp3) is 0.448. The van der Waals surface area contributed by atoms with E-state index in [0.717, 1.165) is 31.2 Å². The molecule has 1 unspecified atom stereocenters. The maximum atomic E-state index is 13.4. The number of nitrogens with one attached hydrogen (secondary N) is 1. The Labute approximate surface area is 218 Å². The SMILES string of the molecule is COc1ccc(CN(C(=O)CCCN2C(=O)c3ccccc3C2=O)C(C)C(=O)NC2CCCCC2)cc1. The van der Waals surface area contributed by atoms with Gasteiger partial charge < -0.3 is 15.0 Å². The first-order chi connectivity index (χ1) is 17.9. The summed E-state index contributed by atoms with van der Waals surface area (Å²) in [6.07, 6.45) is 5.76. The summed E-state index contributed by atoms with van der Waals surface area (Å²) in [6, 6.07) is 13.6. The molecule has 4 rings (SSSR count). The van der Waals surface area contributed by atoms with Crippen molar-refractivity contribution < 1.29 is 23.9 Å². The Morgan fingerprint density at radius 2 is 1.62 bits per heavy atom. The maximum absolute atomic E-state index is 13.4. The van der Waals surface area contributed by atoms with Crippen molar-refractivity contribution in [1.29, 1.82) is 0 Å². The minimum absolute atomic E-state index is 0.116. The van der Waals surface area contributed by atoms with Gasteiger partial charge in [0.2, 0.25) is 11.8 Å². The van der Waals surface area contributed by atoms with Crippen molar-refractivity contribution in [2.24, 2.45) is 0 Å². The van der Waals surface area contributed by atoms with Crippen LogP contribution >= 0.6 is 0 Å². The zero-order valence-corrected chi connectivity index (χ0v) is 21.6. The lowest BCUT2D eigenvalue weighted by molar-refractivity contribution is -0.141. The van der Waals surface area contributed by atoms with E-state index in [1.165, 1.54) is 11.3 Å². The highest BCUT2D eigenvalue weighted by Gasteiger charge is 2.35. The van der Waals surface area contributed by atoms with Crippen LogP contribution in [0.4, 0.5) is 0 Å². The zero-order chi connectivity index (χ0) is 26.4. The van der Waals surface area contributed by atoms with Crippen molar-refractivity contribution in [3.8, 4) is 5.75 Å². The third-order valence-electron chi connectivity index (χ3n) is 7.28. The lowest BCUT2D eigenvalue weighted by Gasteiger charge is -2.31. The fourth-order valence-electron chi connectivity index (χ4n) is 5.05. The van der Waals surface area contributed by atoms with Crippen molar-refractivity contribution in [3.05, 3.63) is 65.2 Å². The summed E-state index contributed by atoms with van der Waals surface area (Å²) >= 11 is 0. The summed E-state index contributed by atoms with van der Waals surface area (Å²) < 4.78 is 5.23. The van der Waals surface area contributed by atoms with Gasteiger partial charge in [-0.25, -0.2) is 0 Å². The van der Waals surface area contributed by atoms with Gasteiger partial charge in [-0.3, -0.25) is 24.1 Å². The second-order valence-electron chi connectivity index (χ2n) is 9.80. The number of amides is 4. The van der Waals surface area contributed by atoms with E-state index in [4.69, 9.17) is 4.74 Å². The average Bonchev–Trinajstić information content (AvgIpc) is 3.17. The number of rotatable bonds is 10. The molecule has 8 nitrogen and oxygen atoms in total. The molecule has 2 aromatic carbocycles. The van der Waals surface area contributed by atoms with Crippen molar-refractivity contribution >= 4 is 23.6 Å². The normalized spacial score (nSPS) is 16.3. The molecule has 0 saturated heterocycles. The first-order valence-corrected chi connectivity index (χ1v) is 13.1. The minimum atomic E-state index is -0.657. The van der Waals surface area contributed by atoms with Crippen LogP contribution in [-0.2, 0) is 16.1 Å². The topological polar surface area (TPSA) is 96.0 Å². The monoisotopic (exact) mass is 505 g/mol. The Kier molecular flexibility index (Phi) is 8.58. The van der Waals surface area contributed by atoms with Crippen molar-refractivity contribution in [1.82, 2.24) is 15.1 Å². The molecule has 37 heavy (non-hydrogen) atoms. The summed E-state index contributed by atoms with van der Waals surface area (Å²) in [7, 11) is 1.59. The van der Waals surface area contributed by atoms with Gasteiger partial charge in [0, 0.05) is 25.6 Å². The Morgan fingerprint density at radius 1 is 1.00 bits per heavy atom. The van der Waals surface area contributed by atoms with Crippen LogP contribution in [0.15, 0.2) is 48.5 Å². The van der Waals surface area contributed by atoms with Gasteiger partial charge in [0.1, 0.15) is 11.8 Å². The van der Waals surface area contributed by atoms with Gasteiger partial charge >= 0.3 is 0 Å². The molecule has 2 aliphatic rings. The number of nitrogens with zero attached hydrogens (tertiary/aromatic N) is 2. The molecule has 1 atom stereocenters. The third kappa shape index (κ3) is 6.18. The van der Waals surface area contributed by atoms with Gasteiger partial charge in [0.15, 0.2) is 0 Å². The van der Waals surface area contributed by atoms with Crippen LogP contribution in [0.5, 0.6) is 5.75 Å². The van der Waals surface area contributed by atoms with E-state index in [0.29, 0.717) is 23.3 Å². The number of benzene rings is 2. The number of carbonyl (C=O) groups excluding carboxylic acids is 4. The lowest BCUT2D eigenvalue weighted by atomic mass is 9.95. The molecular weight excluding hydrogens is 470 g/mol. The van der Waals surface area contributed by atoms with E-state index in [2.05, 4.69) is 5.32 Å². The second kappa shape index (κ2) is 12.0. The van der Waals surface area contributed by atoms with Crippen LogP contribution in [0.25, 0.3) is 0 Å². The van der Waals surface area contributed by atoms with Crippen LogP contribution in [0.1, 0.15) is 78.1 Å². The van der Waals surface area contributed by atoms with Crippen LogP contribution in [0.3, 0.4) is 0 Å². The van der Waals surface area contributed by atoms with Crippen molar-refractivity contribution in [2.45, 2.75) is 70.5 Å². The van der Waals surface area contributed by atoms with Gasteiger partial charge in [-0.05, 0) is 56.0 Å². The minimum Gasteiger partial charge on any atom is -0.497 e. The summed E-state index contributed by atoms with van der Waals surface area (Å²) in [5.74, 6) is -0.301. The molecular formula is C29H35N3O5. The largest absolute Gasteiger partial charge is 0.497 e. The summed E-state index contributed by atoms with van der Waals surface area (Å²) in [6.45, 7) is 2.18. The third-order valence-corrected chi connectivity index (χ3v) is 7.28. The molecule has 1 N–H and O–H groups in total. The molecule has 0 bridgehead atoms.